The van der Waals surface area contributed by atoms with Crippen LogP contribution < -0.4 is 5.32 Å². The molecule has 17 heavy (non-hydrogen) atoms. The van der Waals surface area contributed by atoms with Gasteiger partial charge in [0.25, 0.3) is 0 Å². The van der Waals surface area contributed by atoms with Crippen LogP contribution in [0, 0.1) is 6.92 Å². The van der Waals surface area contributed by atoms with Crippen molar-refractivity contribution in [1.82, 2.24) is 0 Å². The Morgan fingerprint density at radius 2 is 1.94 bits per heavy atom. The smallest absolute Gasteiger partial charge is 0.234 e. The molecule has 0 radical (unpaired) electrons. The third-order valence-corrected chi connectivity index (χ3v) is 3.84. The van der Waals surface area contributed by atoms with Crippen LogP contribution in [-0.4, -0.2) is 28.1 Å². The second-order valence-electron chi connectivity index (χ2n) is 4.17. The molecule has 1 aromatic rings. The van der Waals surface area contributed by atoms with Gasteiger partial charge in [-0.25, -0.2) is 0 Å². The molecule has 2 N–H and O–H groups in total. The van der Waals surface area contributed by atoms with Gasteiger partial charge in [-0.1, -0.05) is 24.6 Å². The minimum absolute atomic E-state index is 0.0358. The fourth-order valence-corrected chi connectivity index (χ4v) is 1.95. The number of aryl methyl sites for hydroxylation is 1. The van der Waals surface area contributed by atoms with Gasteiger partial charge < -0.3 is 10.4 Å². The molecule has 0 saturated carbocycles. The van der Waals surface area contributed by atoms with Crippen molar-refractivity contribution in [3.63, 3.8) is 0 Å². The lowest BCUT2D eigenvalue weighted by molar-refractivity contribution is -0.113. The van der Waals surface area contributed by atoms with Gasteiger partial charge in [0.15, 0.2) is 0 Å². The van der Waals surface area contributed by atoms with Crippen LogP contribution in [0.1, 0.15) is 19.4 Å². The van der Waals surface area contributed by atoms with Crippen molar-refractivity contribution in [3.8, 4) is 0 Å². The number of benzene rings is 1. The lowest BCUT2D eigenvalue weighted by atomic mass is 10.2. The molecule has 0 saturated heterocycles. The van der Waals surface area contributed by atoms with E-state index in [0.717, 1.165) is 5.69 Å². The van der Waals surface area contributed by atoms with Crippen LogP contribution in [-0.2, 0) is 4.79 Å². The van der Waals surface area contributed by atoms with E-state index in [0.29, 0.717) is 5.75 Å². The maximum atomic E-state index is 11.6. The Kier molecular flexibility index (Phi) is 5.51. The zero-order chi connectivity index (χ0) is 12.8. The molecule has 0 aliphatic heterocycles. The van der Waals surface area contributed by atoms with E-state index in [1.807, 2.05) is 38.1 Å². The van der Waals surface area contributed by atoms with Crippen molar-refractivity contribution in [1.29, 1.82) is 0 Å². The summed E-state index contributed by atoms with van der Waals surface area (Å²) in [7, 11) is 0. The van der Waals surface area contributed by atoms with Gasteiger partial charge in [0.05, 0.1) is 11.9 Å². The first-order valence-corrected chi connectivity index (χ1v) is 6.70. The SMILES string of the molecule is Cc1ccc(NC(=O)CS[C@@H](C)[C@H](C)O)cc1. The maximum Gasteiger partial charge on any atom is 0.234 e. The number of amides is 1. The summed E-state index contributed by atoms with van der Waals surface area (Å²) in [6.07, 6.45) is -0.396. The van der Waals surface area contributed by atoms with Crippen molar-refractivity contribution in [2.24, 2.45) is 0 Å². The third kappa shape index (κ3) is 5.24. The molecule has 0 unspecified atom stereocenters. The van der Waals surface area contributed by atoms with Crippen molar-refractivity contribution < 1.29 is 9.90 Å². The van der Waals surface area contributed by atoms with Crippen LogP contribution in [0.3, 0.4) is 0 Å². The summed E-state index contributed by atoms with van der Waals surface area (Å²) >= 11 is 1.45. The van der Waals surface area contributed by atoms with E-state index in [1.54, 1.807) is 6.92 Å². The number of anilines is 1. The summed E-state index contributed by atoms with van der Waals surface area (Å²) in [5.74, 6) is 0.325. The number of thioether (sulfide) groups is 1. The van der Waals surface area contributed by atoms with Gasteiger partial charge in [0.2, 0.25) is 5.91 Å². The van der Waals surface area contributed by atoms with Gasteiger partial charge in [-0.15, -0.1) is 11.8 Å². The molecule has 0 fully saturated rings. The average Bonchev–Trinajstić information content (AvgIpc) is 2.29. The summed E-state index contributed by atoms with van der Waals surface area (Å²) in [6, 6.07) is 7.69. The quantitative estimate of drug-likeness (QED) is 0.847. The number of hydrogen-bond donors (Lipinski definition) is 2. The molecule has 0 aliphatic carbocycles. The Labute approximate surface area is 107 Å². The molecule has 1 rings (SSSR count). The van der Waals surface area contributed by atoms with E-state index in [2.05, 4.69) is 5.32 Å². The van der Waals surface area contributed by atoms with E-state index in [4.69, 9.17) is 0 Å². The normalized spacial score (nSPS) is 14.1. The maximum absolute atomic E-state index is 11.6. The Balaban J connectivity index is 2.37. The summed E-state index contributed by atoms with van der Waals surface area (Å²) in [5.41, 5.74) is 1.98. The zero-order valence-corrected chi connectivity index (χ0v) is 11.3. The Morgan fingerprint density at radius 1 is 1.35 bits per heavy atom. The highest BCUT2D eigenvalue weighted by molar-refractivity contribution is 8.00. The lowest BCUT2D eigenvalue weighted by Gasteiger charge is -2.13. The van der Waals surface area contributed by atoms with Crippen molar-refractivity contribution in [3.05, 3.63) is 29.8 Å². The minimum atomic E-state index is -0.396. The third-order valence-electron chi connectivity index (χ3n) is 2.49. The molecule has 4 heteroatoms. The van der Waals surface area contributed by atoms with Gasteiger partial charge >= 0.3 is 0 Å². The molecule has 0 bridgehead atoms. The highest BCUT2D eigenvalue weighted by Gasteiger charge is 2.11. The zero-order valence-electron chi connectivity index (χ0n) is 10.4. The van der Waals surface area contributed by atoms with Gasteiger partial charge in [0, 0.05) is 10.9 Å². The molecule has 94 valence electrons. The van der Waals surface area contributed by atoms with Crippen molar-refractivity contribution in [2.45, 2.75) is 32.1 Å². The van der Waals surface area contributed by atoms with E-state index < -0.39 is 6.10 Å². The molecule has 2 atom stereocenters. The Morgan fingerprint density at radius 3 is 2.47 bits per heavy atom. The second kappa shape index (κ2) is 6.67. The first kappa shape index (κ1) is 14.1. The van der Waals surface area contributed by atoms with Crippen LogP contribution in [0.4, 0.5) is 5.69 Å². The number of nitrogens with one attached hydrogen (secondary N) is 1. The fraction of sp³-hybridized carbons (Fsp3) is 0.462. The molecule has 0 heterocycles. The summed E-state index contributed by atoms with van der Waals surface area (Å²) in [5, 5.41) is 12.2. The molecule has 0 spiro atoms. The van der Waals surface area contributed by atoms with E-state index >= 15 is 0 Å². The van der Waals surface area contributed by atoms with Gasteiger partial charge in [-0.2, -0.15) is 0 Å². The standard InChI is InChI=1S/C13H19NO2S/c1-9-4-6-12(7-5-9)14-13(16)8-17-11(3)10(2)15/h4-7,10-11,15H,8H2,1-3H3,(H,14,16)/t10-,11-/m0/s1. The van der Waals surface area contributed by atoms with Crippen LogP contribution in [0.2, 0.25) is 0 Å². The first-order valence-electron chi connectivity index (χ1n) is 5.65. The fourth-order valence-electron chi connectivity index (χ4n) is 1.18. The van der Waals surface area contributed by atoms with Crippen LogP contribution in [0.5, 0.6) is 0 Å². The predicted molar refractivity (Wildman–Crippen MR) is 73.4 cm³/mol. The molecule has 3 nitrogen and oxygen atoms in total. The van der Waals surface area contributed by atoms with E-state index in [-0.39, 0.29) is 11.2 Å². The number of carbonyl (C=O) groups excluding carboxylic acids is 1. The molecular formula is C13H19NO2S. The molecular weight excluding hydrogens is 234 g/mol. The van der Waals surface area contributed by atoms with Crippen LogP contribution >= 0.6 is 11.8 Å². The number of aliphatic hydroxyl groups excluding tert-OH is 1. The highest BCUT2D eigenvalue weighted by atomic mass is 32.2. The largest absolute Gasteiger partial charge is 0.392 e. The molecule has 1 amide bonds. The summed E-state index contributed by atoms with van der Waals surface area (Å²) in [4.78, 5) is 11.6. The topological polar surface area (TPSA) is 49.3 Å². The molecule has 0 aromatic heterocycles. The average molecular weight is 253 g/mol. The van der Waals surface area contributed by atoms with Crippen molar-refractivity contribution >= 4 is 23.4 Å². The minimum Gasteiger partial charge on any atom is -0.392 e. The van der Waals surface area contributed by atoms with Crippen molar-refractivity contribution in [2.75, 3.05) is 11.1 Å². The Bertz CT molecular complexity index is 362. The number of carbonyl (C=O) groups is 1. The predicted octanol–water partition coefficient (Wildman–Crippen LogP) is 2.44. The van der Waals surface area contributed by atoms with Crippen LogP contribution in [0.25, 0.3) is 0 Å². The number of aliphatic hydroxyl groups is 1. The molecule has 1 aromatic carbocycles. The second-order valence-corrected chi connectivity index (χ2v) is 5.54. The van der Waals surface area contributed by atoms with E-state index in [1.165, 1.54) is 17.3 Å². The van der Waals surface area contributed by atoms with E-state index in [9.17, 15) is 9.90 Å². The van der Waals surface area contributed by atoms with Gasteiger partial charge in [-0.05, 0) is 26.0 Å². The highest BCUT2D eigenvalue weighted by Crippen LogP contribution is 2.15. The summed E-state index contributed by atoms with van der Waals surface area (Å²) in [6.45, 7) is 5.65. The number of rotatable bonds is 5. The number of hydrogen-bond acceptors (Lipinski definition) is 3. The first-order chi connectivity index (χ1) is 7.99. The van der Waals surface area contributed by atoms with Crippen LogP contribution in [0.15, 0.2) is 24.3 Å². The monoisotopic (exact) mass is 253 g/mol. The Hall–Kier alpha value is -1.00. The van der Waals surface area contributed by atoms with Gasteiger partial charge in [-0.3, -0.25) is 4.79 Å². The summed E-state index contributed by atoms with van der Waals surface area (Å²) < 4.78 is 0. The lowest BCUT2D eigenvalue weighted by Crippen LogP contribution is -2.20. The molecule has 0 aliphatic rings. The van der Waals surface area contributed by atoms with Gasteiger partial charge in [0.1, 0.15) is 0 Å².